The molecule has 1 heterocycles. The van der Waals surface area contributed by atoms with Gasteiger partial charge in [-0.25, -0.2) is 0 Å². The monoisotopic (exact) mass is 191 g/mol. The van der Waals surface area contributed by atoms with E-state index in [1.165, 1.54) is 17.6 Å². The van der Waals surface area contributed by atoms with Gasteiger partial charge in [0.15, 0.2) is 0 Å². The van der Waals surface area contributed by atoms with Crippen LogP contribution >= 0.6 is 0 Å². The highest BCUT2D eigenvalue weighted by atomic mass is 16.5. The Kier molecular flexibility index (Phi) is 2.22. The first-order valence-corrected chi connectivity index (χ1v) is 5.21. The number of hydrogen-bond acceptors (Lipinski definition) is 2. The van der Waals surface area contributed by atoms with E-state index < -0.39 is 0 Å². The van der Waals surface area contributed by atoms with Crippen LogP contribution in [0, 0.1) is 5.92 Å². The van der Waals surface area contributed by atoms with Gasteiger partial charge in [-0.05, 0) is 19.3 Å². The zero-order chi connectivity index (χ0) is 10.3. The second-order valence-electron chi connectivity index (χ2n) is 4.55. The summed E-state index contributed by atoms with van der Waals surface area (Å²) in [5.74, 6) is 2.65. The average molecular weight is 191 g/mol. The Hall–Kier alpha value is -1.05. The summed E-state index contributed by atoms with van der Waals surface area (Å²) in [5, 5.41) is 3.91. The van der Waals surface area contributed by atoms with Crippen LogP contribution in [0.3, 0.4) is 0 Å². The van der Waals surface area contributed by atoms with Crippen molar-refractivity contribution in [1.82, 2.24) is 5.16 Å². The molecule has 2 rings (SSSR count). The van der Waals surface area contributed by atoms with Crippen molar-refractivity contribution in [3.63, 3.8) is 0 Å². The molecule has 76 valence electrons. The molecule has 0 N–H and O–H groups in total. The molecule has 1 aliphatic carbocycles. The van der Waals surface area contributed by atoms with E-state index in [2.05, 4.69) is 32.5 Å². The molecule has 0 bridgehead atoms. The van der Waals surface area contributed by atoms with Gasteiger partial charge < -0.3 is 4.52 Å². The van der Waals surface area contributed by atoms with Crippen molar-refractivity contribution in [2.45, 2.75) is 39.0 Å². The third-order valence-corrected chi connectivity index (χ3v) is 3.47. The Labute approximate surface area is 85.0 Å². The van der Waals surface area contributed by atoms with Crippen molar-refractivity contribution in [3.8, 4) is 0 Å². The van der Waals surface area contributed by atoms with Crippen LogP contribution in [0.15, 0.2) is 22.9 Å². The highest BCUT2D eigenvalue weighted by Crippen LogP contribution is 2.44. The van der Waals surface area contributed by atoms with E-state index in [0.29, 0.717) is 17.8 Å². The molecule has 0 saturated carbocycles. The maximum absolute atomic E-state index is 5.33. The first kappa shape index (κ1) is 9.50. The lowest BCUT2D eigenvalue weighted by atomic mass is 9.73. The van der Waals surface area contributed by atoms with E-state index in [9.17, 15) is 0 Å². The van der Waals surface area contributed by atoms with E-state index in [4.69, 9.17) is 4.52 Å². The van der Waals surface area contributed by atoms with Crippen molar-refractivity contribution in [2.75, 3.05) is 0 Å². The number of nitrogens with zero attached hydrogens (tertiary/aromatic N) is 1. The molecule has 1 aromatic rings. The summed E-state index contributed by atoms with van der Waals surface area (Å²) >= 11 is 0. The summed E-state index contributed by atoms with van der Waals surface area (Å²) in [6.45, 7) is 10.6. The zero-order valence-corrected chi connectivity index (χ0v) is 9.08. The molecule has 3 atom stereocenters. The number of allylic oxidation sites excluding steroid dienone is 1. The van der Waals surface area contributed by atoms with Crippen LogP contribution in [-0.4, -0.2) is 5.16 Å². The fraction of sp³-hybridized carbons (Fsp3) is 0.583. The van der Waals surface area contributed by atoms with Gasteiger partial charge in [-0.3, -0.25) is 0 Å². The number of aromatic nitrogens is 1. The Bertz CT molecular complexity index is 353. The molecule has 0 fully saturated rings. The lowest BCUT2D eigenvalue weighted by Crippen LogP contribution is -2.19. The molecule has 2 heteroatoms. The zero-order valence-electron chi connectivity index (χ0n) is 9.08. The number of rotatable bonds is 1. The van der Waals surface area contributed by atoms with Crippen molar-refractivity contribution in [2.24, 2.45) is 5.92 Å². The average Bonchev–Trinajstić information content (AvgIpc) is 2.59. The fourth-order valence-electron chi connectivity index (χ4n) is 2.29. The van der Waals surface area contributed by atoms with Crippen LogP contribution in [0.1, 0.15) is 50.4 Å². The lowest BCUT2D eigenvalue weighted by Gasteiger charge is -2.30. The first-order valence-electron chi connectivity index (χ1n) is 5.21. The van der Waals surface area contributed by atoms with Gasteiger partial charge in [0.25, 0.3) is 0 Å². The van der Waals surface area contributed by atoms with E-state index in [0.717, 1.165) is 5.76 Å². The van der Waals surface area contributed by atoms with Gasteiger partial charge in [0, 0.05) is 17.4 Å². The molecule has 0 aromatic carbocycles. The Morgan fingerprint density at radius 3 is 2.93 bits per heavy atom. The van der Waals surface area contributed by atoms with Crippen molar-refractivity contribution in [1.29, 1.82) is 0 Å². The number of hydrogen-bond donors (Lipinski definition) is 0. The fourth-order valence-corrected chi connectivity index (χ4v) is 2.29. The van der Waals surface area contributed by atoms with Gasteiger partial charge in [0.05, 0.1) is 6.20 Å². The molecular weight excluding hydrogens is 174 g/mol. The summed E-state index contributed by atoms with van der Waals surface area (Å²) in [4.78, 5) is 0. The topological polar surface area (TPSA) is 26.0 Å². The molecule has 14 heavy (non-hydrogen) atoms. The third kappa shape index (κ3) is 1.29. The molecule has 0 spiro atoms. The Balaban J connectivity index is 2.44. The highest BCUT2D eigenvalue weighted by molar-refractivity contribution is 5.32. The van der Waals surface area contributed by atoms with Gasteiger partial charge in [-0.15, -0.1) is 0 Å². The van der Waals surface area contributed by atoms with Crippen LogP contribution in [0.5, 0.6) is 0 Å². The predicted octanol–water partition coefficient (Wildman–Crippen LogP) is 3.48. The predicted molar refractivity (Wildman–Crippen MR) is 56.3 cm³/mol. The minimum atomic E-state index is 0.447. The molecule has 0 saturated heterocycles. The van der Waals surface area contributed by atoms with Crippen LogP contribution in [0.2, 0.25) is 0 Å². The van der Waals surface area contributed by atoms with Gasteiger partial charge in [0.2, 0.25) is 0 Å². The normalized spacial score (nSPS) is 31.2. The van der Waals surface area contributed by atoms with E-state index in [-0.39, 0.29) is 0 Å². The maximum atomic E-state index is 5.33. The van der Waals surface area contributed by atoms with Crippen LogP contribution in [0.25, 0.3) is 0 Å². The summed E-state index contributed by atoms with van der Waals surface area (Å²) in [5.41, 5.74) is 2.47. The summed E-state index contributed by atoms with van der Waals surface area (Å²) in [6.07, 6.45) is 3.03. The van der Waals surface area contributed by atoms with Gasteiger partial charge >= 0.3 is 0 Å². The maximum Gasteiger partial charge on any atom is 0.143 e. The molecule has 1 aliphatic rings. The molecule has 1 aromatic heterocycles. The second-order valence-corrected chi connectivity index (χ2v) is 4.55. The van der Waals surface area contributed by atoms with Crippen LogP contribution in [-0.2, 0) is 0 Å². The van der Waals surface area contributed by atoms with E-state index >= 15 is 0 Å². The van der Waals surface area contributed by atoms with Gasteiger partial charge in [-0.2, -0.15) is 0 Å². The third-order valence-electron chi connectivity index (χ3n) is 3.47. The lowest BCUT2D eigenvalue weighted by molar-refractivity contribution is 0.298. The minimum Gasteiger partial charge on any atom is -0.361 e. The van der Waals surface area contributed by atoms with Crippen molar-refractivity contribution >= 4 is 0 Å². The summed E-state index contributed by atoms with van der Waals surface area (Å²) < 4.78 is 5.33. The highest BCUT2D eigenvalue weighted by Gasteiger charge is 2.33. The van der Waals surface area contributed by atoms with Crippen molar-refractivity contribution in [3.05, 3.63) is 29.7 Å². The largest absolute Gasteiger partial charge is 0.361 e. The first-order chi connectivity index (χ1) is 6.61. The molecule has 0 amide bonds. The molecular formula is C12H17NO. The number of fused-ring (bicyclic) bond motifs is 1. The summed E-state index contributed by atoms with van der Waals surface area (Å²) in [6, 6.07) is 0. The standard InChI is InChI=1S/C12H17NO/c1-7(2)10-5-8(3)9(4)12-11(10)6-13-14-12/h6,8-10H,1,5H2,2-4H3/t8-,9+,10+/m1/s1. The minimum absolute atomic E-state index is 0.447. The molecule has 0 unspecified atom stereocenters. The second kappa shape index (κ2) is 3.26. The van der Waals surface area contributed by atoms with Crippen molar-refractivity contribution < 1.29 is 4.52 Å². The molecule has 0 radical (unpaired) electrons. The SMILES string of the molecule is C=C(C)[C@@H]1C[C@@H](C)[C@H](C)c2oncc21. The van der Waals surface area contributed by atoms with Crippen LogP contribution < -0.4 is 0 Å². The Morgan fingerprint density at radius 2 is 2.29 bits per heavy atom. The quantitative estimate of drug-likeness (QED) is 0.635. The van der Waals surface area contributed by atoms with Gasteiger partial charge in [0.1, 0.15) is 5.76 Å². The van der Waals surface area contributed by atoms with E-state index in [1.807, 2.05) is 6.20 Å². The molecule has 0 aliphatic heterocycles. The molecule has 2 nitrogen and oxygen atoms in total. The van der Waals surface area contributed by atoms with E-state index in [1.54, 1.807) is 0 Å². The Morgan fingerprint density at radius 1 is 1.57 bits per heavy atom. The smallest absolute Gasteiger partial charge is 0.143 e. The van der Waals surface area contributed by atoms with Gasteiger partial charge in [-0.1, -0.05) is 31.2 Å². The summed E-state index contributed by atoms with van der Waals surface area (Å²) in [7, 11) is 0. The van der Waals surface area contributed by atoms with Crippen LogP contribution in [0.4, 0.5) is 0 Å².